The van der Waals surface area contributed by atoms with Crippen LogP contribution in [-0.4, -0.2) is 31.4 Å². The number of anilines is 1. The summed E-state index contributed by atoms with van der Waals surface area (Å²) < 4.78 is 22.3. The summed E-state index contributed by atoms with van der Waals surface area (Å²) in [6.07, 6.45) is 0. The molecule has 1 N–H and O–H groups in total. The zero-order valence-electron chi connectivity index (χ0n) is 13.3. The van der Waals surface area contributed by atoms with Gasteiger partial charge in [-0.3, -0.25) is 10.1 Å². The van der Waals surface area contributed by atoms with Crippen LogP contribution in [0.4, 0.5) is 5.13 Å². The van der Waals surface area contributed by atoms with E-state index in [2.05, 4.69) is 10.3 Å². The second kappa shape index (κ2) is 6.48. The zero-order chi connectivity index (χ0) is 17.2. The number of hydrogen-bond acceptors (Lipinski definition) is 7. The molecule has 0 aliphatic carbocycles. The molecule has 0 bridgehead atoms. The fraction of sp³-hybridized carbons (Fsp3) is 0.176. The first-order valence-electron chi connectivity index (χ1n) is 7.49. The van der Waals surface area contributed by atoms with E-state index in [0.29, 0.717) is 28.1 Å². The fourth-order valence-corrected chi connectivity index (χ4v) is 3.30. The molecule has 0 radical (unpaired) electrons. The van der Waals surface area contributed by atoms with Crippen LogP contribution in [0.3, 0.4) is 0 Å². The van der Waals surface area contributed by atoms with E-state index < -0.39 is 0 Å². The Morgan fingerprint density at radius 1 is 1.24 bits per heavy atom. The van der Waals surface area contributed by atoms with Gasteiger partial charge in [-0.05, 0) is 12.1 Å². The summed E-state index contributed by atoms with van der Waals surface area (Å²) in [6.45, 7) is 0.0789. The molecule has 7 nitrogen and oxygen atoms in total. The van der Waals surface area contributed by atoms with Crippen LogP contribution in [0.2, 0.25) is 0 Å². The van der Waals surface area contributed by atoms with Crippen LogP contribution in [0.5, 0.6) is 23.0 Å². The molecular weight excluding hydrogens is 344 g/mol. The highest BCUT2D eigenvalue weighted by Gasteiger charge is 2.17. The van der Waals surface area contributed by atoms with Gasteiger partial charge in [0.15, 0.2) is 34.7 Å². The molecule has 25 heavy (non-hydrogen) atoms. The van der Waals surface area contributed by atoms with Gasteiger partial charge < -0.3 is 18.9 Å². The maximum Gasteiger partial charge on any atom is 0.264 e. The molecule has 8 heteroatoms. The number of fused-ring (bicyclic) bond motifs is 2. The summed E-state index contributed by atoms with van der Waals surface area (Å²) in [5.41, 5.74) is 0.746. The average Bonchev–Trinajstić information content (AvgIpc) is 3.23. The lowest BCUT2D eigenvalue weighted by atomic mass is 10.3. The van der Waals surface area contributed by atoms with Crippen molar-refractivity contribution in [1.82, 2.24) is 4.98 Å². The van der Waals surface area contributed by atoms with Crippen molar-refractivity contribution in [2.45, 2.75) is 0 Å². The van der Waals surface area contributed by atoms with Crippen molar-refractivity contribution >= 4 is 32.6 Å². The predicted octanol–water partition coefficient (Wildman–Crippen LogP) is 3.05. The van der Waals surface area contributed by atoms with E-state index in [1.54, 1.807) is 25.3 Å². The largest absolute Gasteiger partial charge is 0.493 e. The molecular formula is C17H14N2O5S. The summed E-state index contributed by atoms with van der Waals surface area (Å²) in [4.78, 5) is 16.5. The van der Waals surface area contributed by atoms with Gasteiger partial charge in [-0.25, -0.2) is 4.98 Å². The molecule has 4 rings (SSSR count). The first-order chi connectivity index (χ1) is 12.2. The van der Waals surface area contributed by atoms with Gasteiger partial charge in [0.2, 0.25) is 6.79 Å². The summed E-state index contributed by atoms with van der Waals surface area (Å²) in [6, 6.07) is 10.8. The average molecular weight is 358 g/mol. The Bertz CT molecular complexity index is 899. The van der Waals surface area contributed by atoms with Crippen molar-refractivity contribution in [3.05, 3.63) is 36.4 Å². The van der Waals surface area contributed by atoms with Crippen LogP contribution in [0.1, 0.15) is 0 Å². The molecule has 1 aromatic heterocycles. The highest BCUT2D eigenvalue weighted by Crippen LogP contribution is 2.38. The van der Waals surface area contributed by atoms with E-state index in [-0.39, 0.29) is 19.3 Å². The smallest absolute Gasteiger partial charge is 0.264 e. The van der Waals surface area contributed by atoms with Crippen molar-refractivity contribution in [3.8, 4) is 23.0 Å². The molecule has 2 aromatic carbocycles. The molecule has 2 heterocycles. The molecule has 128 valence electrons. The first kappa shape index (κ1) is 15.5. The van der Waals surface area contributed by atoms with E-state index in [0.717, 1.165) is 10.2 Å². The molecule has 0 unspecified atom stereocenters. The van der Waals surface area contributed by atoms with Gasteiger partial charge >= 0.3 is 0 Å². The Morgan fingerprint density at radius 3 is 2.80 bits per heavy atom. The Labute approximate surface area is 147 Å². The first-order valence-corrected chi connectivity index (χ1v) is 8.30. The predicted molar refractivity (Wildman–Crippen MR) is 92.9 cm³/mol. The molecule has 0 spiro atoms. The number of ether oxygens (including phenoxy) is 4. The molecule has 0 saturated carbocycles. The van der Waals surface area contributed by atoms with Gasteiger partial charge in [-0.15, -0.1) is 0 Å². The Balaban J connectivity index is 1.43. The Morgan fingerprint density at radius 2 is 2.00 bits per heavy atom. The molecule has 1 aliphatic rings. The maximum absolute atomic E-state index is 12.1. The fourth-order valence-electron chi connectivity index (χ4n) is 2.41. The van der Waals surface area contributed by atoms with Gasteiger partial charge in [-0.2, -0.15) is 0 Å². The molecule has 0 saturated heterocycles. The topological polar surface area (TPSA) is 78.9 Å². The zero-order valence-corrected chi connectivity index (χ0v) is 14.1. The van der Waals surface area contributed by atoms with E-state index in [1.165, 1.54) is 11.3 Å². The number of methoxy groups -OCH3 is 1. The number of thiazole rings is 1. The van der Waals surface area contributed by atoms with Gasteiger partial charge in [0, 0.05) is 12.1 Å². The number of carbonyl (C=O) groups excluding carboxylic acids is 1. The number of benzene rings is 2. The third kappa shape index (κ3) is 3.16. The molecule has 3 aromatic rings. The van der Waals surface area contributed by atoms with Crippen molar-refractivity contribution in [1.29, 1.82) is 0 Å². The van der Waals surface area contributed by atoms with Crippen LogP contribution in [0.15, 0.2) is 36.4 Å². The lowest BCUT2D eigenvalue weighted by Crippen LogP contribution is -2.20. The summed E-state index contributed by atoms with van der Waals surface area (Å²) >= 11 is 1.36. The van der Waals surface area contributed by atoms with Gasteiger partial charge in [0.1, 0.15) is 0 Å². The van der Waals surface area contributed by atoms with Crippen LogP contribution in [0.25, 0.3) is 10.2 Å². The van der Waals surface area contributed by atoms with Crippen LogP contribution >= 0.6 is 11.3 Å². The third-order valence-electron chi connectivity index (χ3n) is 3.56. The lowest BCUT2D eigenvalue weighted by molar-refractivity contribution is -0.118. The number of carbonyl (C=O) groups is 1. The van der Waals surface area contributed by atoms with Crippen molar-refractivity contribution in [2.75, 3.05) is 25.8 Å². The number of amides is 1. The number of nitrogens with zero attached hydrogens (tertiary/aromatic N) is 1. The Kier molecular flexibility index (Phi) is 4.02. The van der Waals surface area contributed by atoms with Crippen molar-refractivity contribution in [3.63, 3.8) is 0 Å². The van der Waals surface area contributed by atoms with E-state index >= 15 is 0 Å². The minimum absolute atomic E-state index is 0.140. The van der Waals surface area contributed by atoms with Gasteiger partial charge in [0.25, 0.3) is 5.91 Å². The Hall–Kier alpha value is -3.00. The van der Waals surface area contributed by atoms with E-state index in [1.807, 2.05) is 18.2 Å². The molecule has 1 aliphatic heterocycles. The minimum atomic E-state index is -0.301. The normalized spacial score (nSPS) is 12.2. The third-order valence-corrected chi connectivity index (χ3v) is 4.49. The second-order valence-corrected chi connectivity index (χ2v) is 6.21. The van der Waals surface area contributed by atoms with Gasteiger partial charge in [0.05, 0.1) is 17.3 Å². The molecule has 0 fully saturated rings. The standard InChI is InChI=1S/C17H14N2O5S/c1-21-11-4-2-3-5-12(11)22-8-16(20)19-17-18-10-6-13-14(24-9-23-13)7-15(10)25-17/h2-7H,8-9H2,1H3,(H,18,19,20). The number of aromatic nitrogens is 1. The molecule has 0 atom stereocenters. The maximum atomic E-state index is 12.1. The highest BCUT2D eigenvalue weighted by atomic mass is 32.1. The van der Waals surface area contributed by atoms with Crippen molar-refractivity contribution in [2.24, 2.45) is 0 Å². The number of nitrogens with one attached hydrogen (secondary N) is 1. The highest BCUT2D eigenvalue weighted by molar-refractivity contribution is 7.22. The lowest BCUT2D eigenvalue weighted by Gasteiger charge is -2.09. The summed E-state index contributed by atoms with van der Waals surface area (Å²) in [7, 11) is 1.55. The number of hydrogen-bond donors (Lipinski definition) is 1. The summed E-state index contributed by atoms with van der Waals surface area (Å²) in [5, 5.41) is 3.23. The summed E-state index contributed by atoms with van der Waals surface area (Å²) in [5.74, 6) is 2.13. The number of rotatable bonds is 5. The quantitative estimate of drug-likeness (QED) is 0.755. The van der Waals surface area contributed by atoms with Crippen LogP contribution < -0.4 is 24.3 Å². The van der Waals surface area contributed by atoms with Gasteiger partial charge in [-0.1, -0.05) is 23.5 Å². The molecule has 1 amide bonds. The monoisotopic (exact) mass is 358 g/mol. The van der Waals surface area contributed by atoms with Crippen LogP contribution in [0, 0.1) is 0 Å². The van der Waals surface area contributed by atoms with E-state index in [4.69, 9.17) is 18.9 Å². The second-order valence-electron chi connectivity index (χ2n) is 5.18. The number of para-hydroxylation sites is 2. The van der Waals surface area contributed by atoms with Crippen molar-refractivity contribution < 1.29 is 23.7 Å². The van der Waals surface area contributed by atoms with Crippen LogP contribution in [-0.2, 0) is 4.79 Å². The minimum Gasteiger partial charge on any atom is -0.493 e. The SMILES string of the molecule is COc1ccccc1OCC(=O)Nc1nc2cc3c(cc2s1)OCO3. The van der Waals surface area contributed by atoms with E-state index in [9.17, 15) is 4.79 Å².